The normalized spacial score (nSPS) is 14.0. The number of nitrogens with one attached hydrogen (secondary N) is 2. The summed E-state index contributed by atoms with van der Waals surface area (Å²) in [4.78, 5) is 51.8. The first-order valence-electron chi connectivity index (χ1n) is 13.2. The molecule has 1 aliphatic heterocycles. The molecular formula is C33H26BrN3O6. The van der Waals surface area contributed by atoms with Crippen LogP contribution in [0.1, 0.15) is 16.7 Å². The van der Waals surface area contributed by atoms with Gasteiger partial charge in [-0.2, -0.15) is 0 Å². The number of carbonyl (C=O) groups is 4. The first-order chi connectivity index (χ1) is 20.8. The van der Waals surface area contributed by atoms with Crippen LogP contribution >= 0.6 is 15.9 Å². The van der Waals surface area contributed by atoms with Crippen molar-refractivity contribution < 1.29 is 28.7 Å². The van der Waals surface area contributed by atoms with Crippen molar-refractivity contribution in [1.82, 2.24) is 5.32 Å². The minimum Gasteiger partial charge on any atom is -0.489 e. The van der Waals surface area contributed by atoms with Crippen LogP contribution in [0.3, 0.4) is 0 Å². The number of benzene rings is 4. The third-order valence-electron chi connectivity index (χ3n) is 6.49. The lowest BCUT2D eigenvalue weighted by atomic mass is 10.1. The third-order valence-corrected chi connectivity index (χ3v) is 7.11. The Bertz CT molecular complexity index is 1720. The van der Waals surface area contributed by atoms with Gasteiger partial charge in [0.25, 0.3) is 17.7 Å². The smallest absolute Gasteiger partial charge is 0.335 e. The van der Waals surface area contributed by atoms with E-state index in [9.17, 15) is 19.2 Å². The van der Waals surface area contributed by atoms with Crippen molar-refractivity contribution in [3.8, 4) is 11.5 Å². The van der Waals surface area contributed by atoms with E-state index in [2.05, 4.69) is 26.6 Å². The highest BCUT2D eigenvalue weighted by molar-refractivity contribution is 9.10. The van der Waals surface area contributed by atoms with Crippen molar-refractivity contribution >= 4 is 57.1 Å². The molecule has 0 saturated carbocycles. The van der Waals surface area contributed by atoms with Gasteiger partial charge in [-0.3, -0.25) is 19.7 Å². The Morgan fingerprint density at radius 1 is 0.907 bits per heavy atom. The molecule has 1 saturated heterocycles. The van der Waals surface area contributed by atoms with Gasteiger partial charge >= 0.3 is 6.03 Å². The largest absolute Gasteiger partial charge is 0.489 e. The number of aryl methyl sites for hydroxylation is 1. The fourth-order valence-electron chi connectivity index (χ4n) is 4.26. The first kappa shape index (κ1) is 29.3. The molecule has 4 aromatic carbocycles. The fourth-order valence-corrected chi connectivity index (χ4v) is 4.77. The molecule has 0 aliphatic carbocycles. The first-order valence-corrected chi connectivity index (χ1v) is 14.0. The van der Waals surface area contributed by atoms with Crippen LogP contribution in [0.15, 0.2) is 107 Å². The highest BCUT2D eigenvalue weighted by atomic mass is 79.9. The number of barbiturate groups is 1. The number of halogens is 1. The molecule has 10 heteroatoms. The molecule has 0 radical (unpaired) electrons. The van der Waals surface area contributed by atoms with Crippen molar-refractivity contribution in [2.45, 2.75) is 13.5 Å². The zero-order chi connectivity index (χ0) is 30.3. The van der Waals surface area contributed by atoms with Crippen LogP contribution in [-0.2, 0) is 21.0 Å². The average molecular weight is 640 g/mol. The number of imide groups is 2. The number of carbonyl (C=O) groups excluding carboxylic acids is 4. The molecule has 5 rings (SSSR count). The minimum atomic E-state index is -0.848. The van der Waals surface area contributed by atoms with Crippen LogP contribution in [-0.4, -0.2) is 30.4 Å². The van der Waals surface area contributed by atoms with Gasteiger partial charge in [0.2, 0.25) is 0 Å². The standard InChI is InChI=1S/C33H26BrN3O6/c1-21-7-5-6-10-28(21)35-30(38)20-43-29-16-11-23(18-27(29)34)17-26-31(39)36-33(41)37(32(26)40)24-12-14-25(15-13-24)42-19-22-8-3-2-4-9-22/h2-18H,19-20H2,1H3,(H,35,38)(H,36,39,41)/b26-17-. The average Bonchev–Trinajstić information content (AvgIpc) is 3.00. The number of hydrogen-bond acceptors (Lipinski definition) is 6. The van der Waals surface area contributed by atoms with Crippen LogP contribution in [0.5, 0.6) is 11.5 Å². The van der Waals surface area contributed by atoms with E-state index < -0.39 is 17.8 Å². The molecule has 0 bridgehead atoms. The number of rotatable bonds is 9. The van der Waals surface area contributed by atoms with Gasteiger partial charge in [-0.15, -0.1) is 0 Å². The van der Waals surface area contributed by atoms with Gasteiger partial charge < -0.3 is 14.8 Å². The van der Waals surface area contributed by atoms with Gasteiger partial charge in [0.1, 0.15) is 23.7 Å². The van der Waals surface area contributed by atoms with Crippen molar-refractivity contribution in [3.05, 3.63) is 124 Å². The summed E-state index contributed by atoms with van der Waals surface area (Å²) in [5.74, 6) is -0.941. The molecule has 2 N–H and O–H groups in total. The SMILES string of the molecule is Cc1ccccc1NC(=O)COc1ccc(/C=C2/C(=O)NC(=O)N(c3ccc(OCc4ccccc4)cc3)C2=O)cc1Br. The molecule has 9 nitrogen and oxygen atoms in total. The number of nitrogens with zero attached hydrogens (tertiary/aromatic N) is 1. The minimum absolute atomic E-state index is 0.220. The summed E-state index contributed by atoms with van der Waals surface area (Å²) in [6.45, 7) is 2.04. The molecule has 1 aliphatic rings. The molecule has 1 heterocycles. The maximum absolute atomic E-state index is 13.3. The highest BCUT2D eigenvalue weighted by Crippen LogP contribution is 2.29. The lowest BCUT2D eigenvalue weighted by Gasteiger charge is -2.26. The molecular weight excluding hydrogens is 614 g/mol. The highest BCUT2D eigenvalue weighted by Gasteiger charge is 2.36. The molecule has 0 atom stereocenters. The molecule has 5 amide bonds. The third kappa shape index (κ3) is 7.17. The van der Waals surface area contributed by atoms with Gasteiger partial charge in [0.15, 0.2) is 6.61 Å². The summed E-state index contributed by atoms with van der Waals surface area (Å²) < 4.78 is 11.9. The summed E-state index contributed by atoms with van der Waals surface area (Å²) in [6.07, 6.45) is 1.38. The Labute approximate surface area is 256 Å². The van der Waals surface area contributed by atoms with E-state index >= 15 is 0 Å². The maximum Gasteiger partial charge on any atom is 0.335 e. The van der Waals surface area contributed by atoms with Crippen LogP contribution in [0, 0.1) is 6.92 Å². The van der Waals surface area contributed by atoms with Gasteiger partial charge in [0.05, 0.1) is 10.2 Å². The summed E-state index contributed by atoms with van der Waals surface area (Å²) >= 11 is 3.42. The summed E-state index contributed by atoms with van der Waals surface area (Å²) in [7, 11) is 0. The summed E-state index contributed by atoms with van der Waals surface area (Å²) in [5, 5.41) is 5.02. The van der Waals surface area contributed by atoms with E-state index in [-0.39, 0.29) is 23.8 Å². The van der Waals surface area contributed by atoms with Crippen LogP contribution in [0.4, 0.5) is 16.2 Å². The Hall–Kier alpha value is -5.22. The van der Waals surface area contributed by atoms with Crippen molar-refractivity contribution in [2.75, 3.05) is 16.8 Å². The number of amides is 5. The van der Waals surface area contributed by atoms with Crippen molar-refractivity contribution in [3.63, 3.8) is 0 Å². The topological polar surface area (TPSA) is 114 Å². The Kier molecular flexibility index (Phi) is 8.97. The van der Waals surface area contributed by atoms with Gasteiger partial charge in [-0.1, -0.05) is 54.6 Å². The quantitative estimate of drug-likeness (QED) is 0.171. The van der Waals surface area contributed by atoms with E-state index in [0.717, 1.165) is 16.0 Å². The molecule has 4 aromatic rings. The molecule has 43 heavy (non-hydrogen) atoms. The molecule has 0 unspecified atom stereocenters. The van der Waals surface area contributed by atoms with Gasteiger partial charge in [-0.25, -0.2) is 9.69 Å². The number of anilines is 2. The van der Waals surface area contributed by atoms with Crippen molar-refractivity contribution in [2.24, 2.45) is 0 Å². The Morgan fingerprint density at radius 3 is 2.35 bits per heavy atom. The number of hydrogen-bond donors (Lipinski definition) is 2. The van der Waals surface area contributed by atoms with Crippen LogP contribution in [0.2, 0.25) is 0 Å². The Morgan fingerprint density at radius 2 is 1.63 bits per heavy atom. The predicted octanol–water partition coefficient (Wildman–Crippen LogP) is 6.02. The van der Waals surface area contributed by atoms with Gasteiger partial charge in [-0.05, 0) is 88.1 Å². The second-order valence-electron chi connectivity index (χ2n) is 9.57. The molecule has 0 aromatic heterocycles. The predicted molar refractivity (Wildman–Crippen MR) is 166 cm³/mol. The molecule has 216 valence electrons. The summed E-state index contributed by atoms with van der Waals surface area (Å²) in [5.41, 5.74) is 3.19. The lowest BCUT2D eigenvalue weighted by molar-refractivity contribution is -0.122. The monoisotopic (exact) mass is 639 g/mol. The zero-order valence-electron chi connectivity index (χ0n) is 23.0. The van der Waals surface area contributed by atoms with Crippen LogP contribution in [0.25, 0.3) is 6.08 Å². The van der Waals surface area contributed by atoms with E-state index in [4.69, 9.17) is 9.47 Å². The number of urea groups is 1. The van der Waals surface area contributed by atoms with E-state index in [1.807, 2.05) is 55.5 Å². The fraction of sp³-hybridized carbons (Fsp3) is 0.0909. The van der Waals surface area contributed by atoms with E-state index in [1.165, 1.54) is 6.08 Å². The molecule has 0 spiro atoms. The second kappa shape index (κ2) is 13.2. The number of para-hydroxylation sites is 1. The zero-order valence-corrected chi connectivity index (χ0v) is 24.6. The van der Waals surface area contributed by atoms with Gasteiger partial charge in [0, 0.05) is 5.69 Å². The lowest BCUT2D eigenvalue weighted by Crippen LogP contribution is -2.54. The maximum atomic E-state index is 13.3. The number of ether oxygens (including phenoxy) is 2. The van der Waals surface area contributed by atoms with E-state index in [0.29, 0.717) is 33.8 Å². The van der Waals surface area contributed by atoms with Crippen LogP contribution < -0.4 is 25.0 Å². The molecule has 1 fully saturated rings. The summed E-state index contributed by atoms with van der Waals surface area (Å²) in [6, 6.07) is 27.5. The van der Waals surface area contributed by atoms with Crippen molar-refractivity contribution in [1.29, 1.82) is 0 Å². The Balaban J connectivity index is 1.25. The second-order valence-corrected chi connectivity index (χ2v) is 10.4. The van der Waals surface area contributed by atoms with E-state index in [1.54, 1.807) is 48.5 Å².